The first-order chi connectivity index (χ1) is 16.6. The summed E-state index contributed by atoms with van der Waals surface area (Å²) in [5, 5.41) is 4.87. The maximum atomic E-state index is 13.2. The fraction of sp³-hybridized carbons (Fsp3) is 0.0800. The van der Waals surface area contributed by atoms with Crippen molar-refractivity contribution in [3.05, 3.63) is 100 Å². The van der Waals surface area contributed by atoms with E-state index < -0.39 is 5.97 Å². The van der Waals surface area contributed by atoms with Gasteiger partial charge in [-0.25, -0.2) is 15.2 Å². The average Bonchev–Trinajstić information content (AvgIpc) is 2.88. The van der Waals surface area contributed by atoms with Crippen LogP contribution in [0.1, 0.15) is 15.9 Å². The molecule has 0 saturated carbocycles. The van der Waals surface area contributed by atoms with Gasteiger partial charge in [-0.15, -0.1) is 0 Å². The number of nitrogens with zero attached hydrogens (tertiary/aromatic N) is 3. The van der Waals surface area contributed by atoms with Crippen molar-refractivity contribution in [2.45, 2.75) is 5.16 Å². The molecule has 0 fully saturated rings. The number of hydrogen-bond donors (Lipinski definition) is 1. The third kappa shape index (κ3) is 5.21. The van der Waals surface area contributed by atoms with E-state index in [0.29, 0.717) is 32.9 Å². The number of nitrogens with one attached hydrogen (secondary N) is 1. The summed E-state index contributed by atoms with van der Waals surface area (Å²) in [5.74, 6) is -0.768. The van der Waals surface area contributed by atoms with E-state index in [9.17, 15) is 14.4 Å². The van der Waals surface area contributed by atoms with Crippen LogP contribution in [0.5, 0.6) is 0 Å². The number of aromatic nitrogens is 2. The maximum Gasteiger partial charge on any atom is 0.337 e. The van der Waals surface area contributed by atoms with Crippen molar-refractivity contribution >= 4 is 40.8 Å². The highest BCUT2D eigenvalue weighted by atomic mass is 32.2. The second kappa shape index (κ2) is 10.6. The van der Waals surface area contributed by atoms with Crippen molar-refractivity contribution in [2.24, 2.45) is 5.10 Å². The number of para-hydroxylation sites is 2. The number of esters is 1. The summed E-state index contributed by atoms with van der Waals surface area (Å²) in [5.41, 5.74) is 4.62. The van der Waals surface area contributed by atoms with Crippen LogP contribution in [0.25, 0.3) is 16.6 Å². The molecule has 9 heteroatoms. The van der Waals surface area contributed by atoms with Crippen LogP contribution in [0.15, 0.2) is 93.9 Å². The predicted octanol–water partition coefficient (Wildman–Crippen LogP) is 3.41. The van der Waals surface area contributed by atoms with E-state index in [-0.39, 0.29) is 17.2 Å². The molecule has 0 radical (unpaired) electrons. The first kappa shape index (κ1) is 22.9. The first-order valence-electron chi connectivity index (χ1n) is 10.3. The van der Waals surface area contributed by atoms with E-state index >= 15 is 0 Å². The molecule has 8 nitrogen and oxygen atoms in total. The van der Waals surface area contributed by atoms with Crippen LogP contribution in [0.4, 0.5) is 0 Å². The molecule has 0 spiro atoms. The molecule has 0 aliphatic carbocycles. The summed E-state index contributed by atoms with van der Waals surface area (Å²) in [6, 6.07) is 22.9. The quantitative estimate of drug-likeness (QED) is 0.145. The van der Waals surface area contributed by atoms with Crippen LogP contribution in [0.3, 0.4) is 0 Å². The highest BCUT2D eigenvalue weighted by Gasteiger charge is 2.14. The number of methoxy groups -OCH3 is 1. The molecule has 3 aromatic carbocycles. The molecule has 4 aromatic rings. The Kier molecular flexibility index (Phi) is 7.14. The zero-order valence-electron chi connectivity index (χ0n) is 18.2. The van der Waals surface area contributed by atoms with E-state index in [1.807, 2.05) is 36.4 Å². The Labute approximate surface area is 199 Å². The Bertz CT molecular complexity index is 1420. The fourth-order valence-electron chi connectivity index (χ4n) is 3.18. The molecule has 0 bridgehead atoms. The van der Waals surface area contributed by atoms with Crippen molar-refractivity contribution in [2.75, 3.05) is 12.9 Å². The van der Waals surface area contributed by atoms with Gasteiger partial charge in [-0.1, -0.05) is 54.2 Å². The normalized spacial score (nSPS) is 11.0. The van der Waals surface area contributed by atoms with Gasteiger partial charge in [-0.2, -0.15) is 5.10 Å². The summed E-state index contributed by atoms with van der Waals surface area (Å²) < 4.78 is 6.17. The zero-order valence-corrected chi connectivity index (χ0v) is 19.0. The van der Waals surface area contributed by atoms with Crippen molar-refractivity contribution in [3.63, 3.8) is 0 Å². The van der Waals surface area contributed by atoms with Gasteiger partial charge in [-0.3, -0.25) is 14.2 Å². The number of ether oxygens (including phenoxy) is 1. The monoisotopic (exact) mass is 472 g/mol. The SMILES string of the molecule is COC(=O)c1ccc(C=NNC(=O)CSc2nc3ccccc3c(=O)n2-c2ccccc2)cc1. The molecule has 1 aromatic heterocycles. The molecule has 0 aliphatic heterocycles. The molecule has 1 N–H and O–H groups in total. The maximum absolute atomic E-state index is 13.2. The molecule has 1 amide bonds. The van der Waals surface area contributed by atoms with Gasteiger partial charge in [-0.05, 0) is 42.0 Å². The third-order valence-corrected chi connectivity index (χ3v) is 5.76. The summed E-state index contributed by atoms with van der Waals surface area (Å²) in [7, 11) is 1.32. The van der Waals surface area contributed by atoms with Gasteiger partial charge in [0.15, 0.2) is 5.16 Å². The molecule has 1 heterocycles. The Hall–Kier alpha value is -4.24. The lowest BCUT2D eigenvalue weighted by atomic mass is 10.1. The smallest absolute Gasteiger partial charge is 0.337 e. The Morgan fingerprint density at radius 2 is 1.74 bits per heavy atom. The van der Waals surface area contributed by atoms with Gasteiger partial charge >= 0.3 is 5.97 Å². The molecular weight excluding hydrogens is 452 g/mol. The van der Waals surface area contributed by atoms with Crippen LogP contribution in [-0.4, -0.2) is 40.5 Å². The Morgan fingerprint density at radius 3 is 2.47 bits per heavy atom. The van der Waals surface area contributed by atoms with Gasteiger partial charge in [0, 0.05) is 0 Å². The lowest BCUT2D eigenvalue weighted by Crippen LogP contribution is -2.24. The zero-order chi connectivity index (χ0) is 23.9. The molecule has 0 atom stereocenters. The number of hydrazone groups is 1. The average molecular weight is 473 g/mol. The van der Waals surface area contributed by atoms with Crippen molar-refractivity contribution in [1.29, 1.82) is 0 Å². The third-order valence-electron chi connectivity index (χ3n) is 4.83. The van der Waals surface area contributed by atoms with Crippen LogP contribution in [0.2, 0.25) is 0 Å². The summed E-state index contributed by atoms with van der Waals surface area (Å²) in [4.78, 5) is 41.6. The molecule has 0 unspecified atom stereocenters. The molecule has 0 aliphatic rings. The minimum absolute atomic E-state index is 0.0102. The summed E-state index contributed by atoms with van der Waals surface area (Å²) in [6.07, 6.45) is 1.47. The number of carbonyl (C=O) groups excluding carboxylic acids is 2. The Balaban J connectivity index is 1.48. The molecule has 34 heavy (non-hydrogen) atoms. The number of hydrogen-bond acceptors (Lipinski definition) is 7. The van der Waals surface area contributed by atoms with Crippen molar-refractivity contribution < 1.29 is 14.3 Å². The van der Waals surface area contributed by atoms with E-state index in [4.69, 9.17) is 0 Å². The van der Waals surface area contributed by atoms with E-state index in [1.54, 1.807) is 42.5 Å². The summed E-state index contributed by atoms with van der Waals surface area (Å²) >= 11 is 1.15. The standard InChI is InChI=1S/C25H20N4O4S/c1-33-24(32)18-13-11-17(12-14-18)15-26-28-22(30)16-34-25-27-21-10-6-5-9-20(21)23(31)29(25)19-7-3-2-4-8-19/h2-15H,16H2,1H3,(H,28,30). The second-order valence-electron chi connectivity index (χ2n) is 7.08. The van der Waals surface area contributed by atoms with Crippen LogP contribution < -0.4 is 11.0 Å². The fourth-order valence-corrected chi connectivity index (χ4v) is 3.98. The predicted molar refractivity (Wildman–Crippen MR) is 132 cm³/mol. The van der Waals surface area contributed by atoms with Gasteiger partial charge < -0.3 is 4.74 Å². The number of fused-ring (bicyclic) bond motifs is 1. The van der Waals surface area contributed by atoms with Crippen LogP contribution >= 0.6 is 11.8 Å². The van der Waals surface area contributed by atoms with Crippen molar-refractivity contribution in [3.8, 4) is 5.69 Å². The van der Waals surface area contributed by atoms with Crippen LogP contribution in [-0.2, 0) is 9.53 Å². The lowest BCUT2D eigenvalue weighted by molar-refractivity contribution is -0.118. The minimum atomic E-state index is -0.426. The van der Waals surface area contributed by atoms with E-state index in [1.165, 1.54) is 17.9 Å². The van der Waals surface area contributed by atoms with Gasteiger partial charge in [0.05, 0.1) is 41.2 Å². The molecule has 170 valence electrons. The molecular formula is C25H20N4O4S. The summed E-state index contributed by atoms with van der Waals surface area (Å²) in [6.45, 7) is 0. The number of thioether (sulfide) groups is 1. The van der Waals surface area contributed by atoms with Gasteiger partial charge in [0.2, 0.25) is 0 Å². The lowest BCUT2D eigenvalue weighted by Gasteiger charge is -2.12. The number of amides is 1. The number of rotatable bonds is 7. The van der Waals surface area contributed by atoms with E-state index in [2.05, 4.69) is 20.2 Å². The minimum Gasteiger partial charge on any atom is -0.465 e. The van der Waals surface area contributed by atoms with Gasteiger partial charge in [0.1, 0.15) is 0 Å². The molecule has 0 saturated heterocycles. The largest absolute Gasteiger partial charge is 0.465 e. The number of benzene rings is 3. The second-order valence-corrected chi connectivity index (χ2v) is 8.03. The highest BCUT2D eigenvalue weighted by Crippen LogP contribution is 2.21. The first-order valence-corrected chi connectivity index (χ1v) is 11.3. The highest BCUT2D eigenvalue weighted by molar-refractivity contribution is 7.99. The molecule has 4 rings (SSSR count). The van der Waals surface area contributed by atoms with Crippen LogP contribution in [0, 0.1) is 0 Å². The van der Waals surface area contributed by atoms with E-state index in [0.717, 1.165) is 11.8 Å². The van der Waals surface area contributed by atoms with Gasteiger partial charge in [0.25, 0.3) is 11.5 Å². The topological polar surface area (TPSA) is 103 Å². The number of carbonyl (C=O) groups is 2. The Morgan fingerprint density at radius 1 is 1.03 bits per heavy atom. The van der Waals surface area contributed by atoms with Crippen molar-refractivity contribution in [1.82, 2.24) is 15.0 Å².